The van der Waals surface area contributed by atoms with Gasteiger partial charge >= 0.3 is 96.3 Å². The molecule has 0 aliphatic carbocycles. The minimum atomic E-state index is -0.191. The van der Waals surface area contributed by atoms with Crippen LogP contribution in [0.25, 0.3) is 0 Å². The molecule has 0 radical (unpaired) electrons. The van der Waals surface area contributed by atoms with E-state index in [1.807, 2.05) is 50.3 Å². The van der Waals surface area contributed by atoms with E-state index in [0.717, 1.165) is 4.47 Å². The molecule has 1 aromatic rings. The summed E-state index contributed by atoms with van der Waals surface area (Å²) in [6.07, 6.45) is 1.84. The SMILES string of the molecule is C/C=C(/[Se]c1ccccc1)C(=O)OCC. The van der Waals surface area contributed by atoms with E-state index in [4.69, 9.17) is 4.74 Å². The summed E-state index contributed by atoms with van der Waals surface area (Å²) in [7, 11) is 0. The Balaban J connectivity index is 2.67. The topological polar surface area (TPSA) is 26.3 Å². The number of carbonyl (C=O) groups is 1. The summed E-state index contributed by atoms with van der Waals surface area (Å²) in [6.45, 7) is 4.12. The van der Waals surface area contributed by atoms with Crippen molar-refractivity contribution in [2.75, 3.05) is 6.61 Å². The summed E-state index contributed by atoms with van der Waals surface area (Å²) in [5.74, 6) is -0.191. The Morgan fingerprint density at radius 1 is 1.40 bits per heavy atom. The van der Waals surface area contributed by atoms with Crippen LogP contribution in [-0.4, -0.2) is 27.5 Å². The van der Waals surface area contributed by atoms with E-state index in [2.05, 4.69) is 0 Å². The maximum atomic E-state index is 11.5. The third kappa shape index (κ3) is 3.90. The Labute approximate surface area is 96.5 Å². The number of benzene rings is 1. The monoisotopic (exact) mass is 270 g/mol. The first-order valence-corrected chi connectivity index (χ1v) is 6.55. The molecular weight excluding hydrogens is 255 g/mol. The van der Waals surface area contributed by atoms with Crippen LogP contribution in [0.2, 0.25) is 0 Å². The Morgan fingerprint density at radius 2 is 2.07 bits per heavy atom. The number of ether oxygens (including phenoxy) is 1. The van der Waals surface area contributed by atoms with Crippen molar-refractivity contribution in [3.8, 4) is 0 Å². The predicted molar refractivity (Wildman–Crippen MR) is 62.2 cm³/mol. The van der Waals surface area contributed by atoms with E-state index in [1.165, 1.54) is 4.46 Å². The second-order valence-electron chi connectivity index (χ2n) is 2.79. The van der Waals surface area contributed by atoms with Gasteiger partial charge in [0.05, 0.1) is 0 Å². The zero-order valence-corrected chi connectivity index (χ0v) is 10.6. The van der Waals surface area contributed by atoms with Crippen LogP contribution in [0.1, 0.15) is 13.8 Å². The molecule has 0 fully saturated rings. The minimum absolute atomic E-state index is 0.0439. The predicted octanol–water partition coefficient (Wildman–Crippen LogP) is 1.48. The van der Waals surface area contributed by atoms with Crippen molar-refractivity contribution in [1.29, 1.82) is 0 Å². The average Bonchev–Trinajstić information content (AvgIpc) is 2.27. The summed E-state index contributed by atoms with van der Waals surface area (Å²) in [4.78, 5) is 11.5. The molecule has 3 heteroatoms. The molecule has 0 amide bonds. The zero-order valence-electron chi connectivity index (χ0n) is 8.90. The van der Waals surface area contributed by atoms with E-state index < -0.39 is 0 Å². The van der Waals surface area contributed by atoms with Gasteiger partial charge in [0.15, 0.2) is 0 Å². The fraction of sp³-hybridized carbons (Fsp3) is 0.250. The van der Waals surface area contributed by atoms with E-state index in [9.17, 15) is 4.79 Å². The van der Waals surface area contributed by atoms with Gasteiger partial charge in [0.25, 0.3) is 0 Å². The molecule has 0 aromatic heterocycles. The zero-order chi connectivity index (χ0) is 11.1. The molecule has 0 aliphatic rings. The maximum absolute atomic E-state index is 11.5. The number of hydrogen-bond acceptors (Lipinski definition) is 2. The molecule has 0 unspecified atom stereocenters. The second kappa shape index (κ2) is 6.44. The van der Waals surface area contributed by atoms with Crippen LogP contribution in [0, 0.1) is 0 Å². The van der Waals surface area contributed by atoms with E-state index in [0.29, 0.717) is 6.61 Å². The molecule has 0 heterocycles. The van der Waals surface area contributed by atoms with Crippen LogP contribution in [0.4, 0.5) is 0 Å². The normalized spacial score (nSPS) is 11.2. The van der Waals surface area contributed by atoms with Gasteiger partial charge in [0.2, 0.25) is 0 Å². The number of hydrogen-bond donors (Lipinski definition) is 0. The summed E-state index contributed by atoms with van der Waals surface area (Å²) < 4.78 is 6.94. The van der Waals surface area contributed by atoms with Gasteiger partial charge < -0.3 is 0 Å². The van der Waals surface area contributed by atoms with Crippen molar-refractivity contribution in [2.24, 2.45) is 0 Å². The quantitative estimate of drug-likeness (QED) is 0.470. The number of rotatable bonds is 4. The van der Waals surface area contributed by atoms with Crippen LogP contribution in [0.5, 0.6) is 0 Å². The standard InChI is InChI=1S/C12H14O2Se/c1-3-11(12(13)14-4-2)15-10-8-6-5-7-9-10/h3,5-9H,4H2,1-2H3/b11-3+. The van der Waals surface area contributed by atoms with Gasteiger partial charge in [0, 0.05) is 0 Å². The van der Waals surface area contributed by atoms with Crippen LogP contribution in [-0.2, 0) is 9.53 Å². The number of allylic oxidation sites excluding steroid dienone is 1. The Morgan fingerprint density at radius 3 is 2.60 bits per heavy atom. The Hall–Kier alpha value is -1.05. The first kappa shape index (κ1) is 12.0. The molecule has 0 N–H and O–H groups in total. The molecule has 0 bridgehead atoms. The van der Waals surface area contributed by atoms with Crippen LogP contribution in [0.15, 0.2) is 40.9 Å². The van der Waals surface area contributed by atoms with Crippen molar-refractivity contribution in [3.05, 3.63) is 40.9 Å². The van der Waals surface area contributed by atoms with Crippen molar-refractivity contribution in [2.45, 2.75) is 13.8 Å². The molecule has 15 heavy (non-hydrogen) atoms. The molecule has 0 atom stereocenters. The summed E-state index contributed by atoms with van der Waals surface area (Å²) in [6, 6.07) is 10.00. The molecular formula is C12H14O2Se. The van der Waals surface area contributed by atoms with E-state index in [-0.39, 0.29) is 20.9 Å². The Bertz CT molecular complexity index is 344. The molecule has 0 saturated carbocycles. The fourth-order valence-electron chi connectivity index (χ4n) is 1.04. The van der Waals surface area contributed by atoms with Crippen LogP contribution < -0.4 is 4.46 Å². The van der Waals surface area contributed by atoms with Gasteiger partial charge in [-0.3, -0.25) is 0 Å². The van der Waals surface area contributed by atoms with Gasteiger partial charge in [-0.1, -0.05) is 0 Å². The van der Waals surface area contributed by atoms with E-state index >= 15 is 0 Å². The van der Waals surface area contributed by atoms with Crippen molar-refractivity contribution >= 4 is 25.4 Å². The summed E-state index contributed by atoms with van der Waals surface area (Å²) in [5, 5.41) is 0. The Kier molecular flexibility index (Phi) is 5.16. The van der Waals surface area contributed by atoms with Crippen LogP contribution in [0.3, 0.4) is 0 Å². The van der Waals surface area contributed by atoms with Gasteiger partial charge in [-0.05, 0) is 0 Å². The number of esters is 1. The summed E-state index contributed by atoms with van der Waals surface area (Å²) >= 11 is 0.0439. The molecule has 0 spiro atoms. The fourth-order valence-corrected chi connectivity index (χ4v) is 2.73. The van der Waals surface area contributed by atoms with Gasteiger partial charge in [-0.15, -0.1) is 0 Å². The third-order valence-electron chi connectivity index (χ3n) is 1.71. The first-order chi connectivity index (χ1) is 7.27. The molecule has 1 aromatic carbocycles. The van der Waals surface area contributed by atoms with Gasteiger partial charge in [-0.25, -0.2) is 0 Å². The van der Waals surface area contributed by atoms with Crippen molar-refractivity contribution < 1.29 is 9.53 Å². The van der Waals surface area contributed by atoms with Crippen molar-refractivity contribution in [1.82, 2.24) is 0 Å². The van der Waals surface area contributed by atoms with Gasteiger partial charge in [-0.2, -0.15) is 0 Å². The first-order valence-electron chi connectivity index (χ1n) is 4.84. The third-order valence-corrected chi connectivity index (χ3v) is 4.08. The molecule has 80 valence electrons. The van der Waals surface area contributed by atoms with Crippen molar-refractivity contribution in [3.63, 3.8) is 0 Å². The number of carbonyl (C=O) groups excluding carboxylic acids is 1. The summed E-state index contributed by atoms with van der Waals surface area (Å²) in [5.41, 5.74) is 0. The molecule has 1 rings (SSSR count). The molecule has 0 saturated heterocycles. The second-order valence-corrected chi connectivity index (χ2v) is 5.13. The average molecular weight is 269 g/mol. The molecule has 0 aliphatic heterocycles. The van der Waals surface area contributed by atoms with E-state index in [1.54, 1.807) is 0 Å². The van der Waals surface area contributed by atoms with Crippen LogP contribution >= 0.6 is 0 Å². The molecule has 2 nitrogen and oxygen atoms in total. The van der Waals surface area contributed by atoms with Gasteiger partial charge in [0.1, 0.15) is 0 Å².